The molecule has 4 rings (SSSR count). The summed E-state index contributed by atoms with van der Waals surface area (Å²) in [7, 11) is 3.76. The zero-order chi connectivity index (χ0) is 20.4. The minimum atomic E-state index is -0.0721. The lowest BCUT2D eigenvalue weighted by molar-refractivity contribution is -0.917. The smallest absolute Gasteiger partial charge is 0.251 e. The molecule has 8 heteroatoms. The van der Waals surface area contributed by atoms with Crippen molar-refractivity contribution in [3.8, 4) is 11.4 Å². The van der Waals surface area contributed by atoms with E-state index < -0.39 is 0 Å². The Bertz CT molecular complexity index is 1050. The lowest BCUT2D eigenvalue weighted by atomic mass is 10.1. The number of carbonyl (C=O) groups excluding carboxylic acids is 1. The minimum absolute atomic E-state index is 0.0721. The van der Waals surface area contributed by atoms with Gasteiger partial charge in [0, 0.05) is 42.2 Å². The van der Waals surface area contributed by atoms with E-state index in [4.69, 9.17) is 17.3 Å². The molecule has 1 aliphatic rings. The molecule has 1 unspecified atom stereocenters. The van der Waals surface area contributed by atoms with Crippen molar-refractivity contribution in [3.05, 3.63) is 64.7 Å². The molecule has 2 aromatic heterocycles. The number of hydrogen-bond donors (Lipinski definition) is 2. The molecular formula is C21H25N6OS+. The fraction of sp³-hybridized carbons (Fsp3) is 0.333. The lowest BCUT2D eigenvalue weighted by Crippen LogP contribution is -3.07. The number of pyridine rings is 1. The van der Waals surface area contributed by atoms with Gasteiger partial charge in [0.05, 0.1) is 7.05 Å². The van der Waals surface area contributed by atoms with E-state index in [0.717, 1.165) is 41.1 Å². The van der Waals surface area contributed by atoms with Gasteiger partial charge in [-0.05, 0) is 49.3 Å². The summed E-state index contributed by atoms with van der Waals surface area (Å²) in [4.78, 5) is 17.2. The summed E-state index contributed by atoms with van der Waals surface area (Å²) in [5, 5.41) is 7.47. The number of aromatic nitrogens is 4. The van der Waals surface area contributed by atoms with Gasteiger partial charge >= 0.3 is 0 Å². The number of rotatable bonds is 7. The van der Waals surface area contributed by atoms with Crippen LogP contribution in [0.15, 0.2) is 48.8 Å². The van der Waals surface area contributed by atoms with E-state index in [9.17, 15) is 4.79 Å². The van der Waals surface area contributed by atoms with Crippen LogP contribution in [-0.2, 0) is 13.2 Å². The van der Waals surface area contributed by atoms with Crippen LogP contribution in [0.2, 0.25) is 0 Å². The van der Waals surface area contributed by atoms with Crippen molar-refractivity contribution in [1.29, 1.82) is 0 Å². The Hall–Kier alpha value is -2.84. The first-order valence-corrected chi connectivity index (χ1v) is 10.2. The third kappa shape index (κ3) is 4.28. The molecule has 1 amide bonds. The van der Waals surface area contributed by atoms with Gasteiger partial charge in [-0.3, -0.25) is 14.3 Å². The Morgan fingerprint density at radius 3 is 2.66 bits per heavy atom. The molecule has 2 heterocycles. The Morgan fingerprint density at radius 1 is 1.28 bits per heavy atom. The van der Waals surface area contributed by atoms with Gasteiger partial charge in [0.15, 0.2) is 12.5 Å². The monoisotopic (exact) mass is 409 g/mol. The minimum Gasteiger partial charge on any atom is -0.355 e. The molecular weight excluding hydrogens is 384 g/mol. The number of hydrogen-bond acceptors (Lipinski definition) is 4. The van der Waals surface area contributed by atoms with E-state index in [1.165, 1.54) is 4.90 Å². The molecule has 0 spiro atoms. The Morgan fingerprint density at radius 2 is 2.03 bits per heavy atom. The average Bonchev–Trinajstić information content (AvgIpc) is 3.53. The summed E-state index contributed by atoms with van der Waals surface area (Å²) in [5.74, 6) is 0.824. The zero-order valence-corrected chi connectivity index (χ0v) is 17.4. The summed E-state index contributed by atoms with van der Waals surface area (Å²) >= 11 is 5.76. The third-order valence-electron chi connectivity index (χ3n) is 5.07. The summed E-state index contributed by atoms with van der Waals surface area (Å²) < 4.78 is 4.86. The van der Waals surface area contributed by atoms with Crippen molar-refractivity contribution in [3.63, 3.8) is 0 Å². The van der Waals surface area contributed by atoms with Crippen molar-refractivity contribution in [1.82, 2.24) is 24.6 Å². The van der Waals surface area contributed by atoms with E-state index in [1.807, 2.05) is 47.3 Å². The largest absolute Gasteiger partial charge is 0.355 e. The fourth-order valence-corrected chi connectivity index (χ4v) is 3.80. The van der Waals surface area contributed by atoms with Crippen LogP contribution in [0.4, 0.5) is 0 Å². The van der Waals surface area contributed by atoms with Gasteiger partial charge in [-0.15, -0.1) is 5.10 Å². The summed E-state index contributed by atoms with van der Waals surface area (Å²) in [5.41, 5.74) is 2.82. The van der Waals surface area contributed by atoms with Gasteiger partial charge in [-0.1, -0.05) is 12.1 Å². The Balaban J connectivity index is 1.52. The first kappa shape index (κ1) is 19.5. The van der Waals surface area contributed by atoms with Crippen LogP contribution in [-0.4, -0.2) is 39.3 Å². The lowest BCUT2D eigenvalue weighted by Gasteiger charge is -2.14. The van der Waals surface area contributed by atoms with E-state index in [0.29, 0.717) is 18.3 Å². The normalized spacial score (nSPS) is 14.6. The highest BCUT2D eigenvalue weighted by atomic mass is 32.1. The standard InChI is InChI=1S/C21H24N6OS/c1-22-20(28)16-7-5-15(6-8-16)13-25(2)14-26-21(29)27(18-9-10-18)19(24-26)17-4-3-11-23-12-17/h3-8,11-12,18H,9-10,13-14H2,1-2H3,(H,22,28)/p+1. The molecule has 0 bridgehead atoms. The van der Waals surface area contributed by atoms with E-state index in [-0.39, 0.29) is 5.91 Å². The van der Waals surface area contributed by atoms with E-state index >= 15 is 0 Å². The topological polar surface area (TPSA) is 69.2 Å². The van der Waals surface area contributed by atoms with Crippen LogP contribution < -0.4 is 10.2 Å². The van der Waals surface area contributed by atoms with E-state index in [2.05, 4.69) is 21.9 Å². The summed E-state index contributed by atoms with van der Waals surface area (Å²) in [6.07, 6.45) is 5.90. The first-order chi connectivity index (χ1) is 14.1. The maximum atomic E-state index is 11.7. The molecule has 1 fully saturated rings. The van der Waals surface area contributed by atoms with Crippen molar-refractivity contribution in [2.75, 3.05) is 14.1 Å². The molecule has 29 heavy (non-hydrogen) atoms. The number of quaternary nitrogens is 1. The fourth-order valence-electron chi connectivity index (χ4n) is 3.46. The zero-order valence-electron chi connectivity index (χ0n) is 16.6. The van der Waals surface area contributed by atoms with Gasteiger partial charge in [0.25, 0.3) is 5.91 Å². The highest BCUT2D eigenvalue weighted by Gasteiger charge is 2.29. The molecule has 1 aliphatic carbocycles. The molecule has 7 nitrogen and oxygen atoms in total. The predicted molar refractivity (Wildman–Crippen MR) is 113 cm³/mol. The van der Waals surface area contributed by atoms with Gasteiger partial charge in [-0.2, -0.15) is 4.68 Å². The van der Waals surface area contributed by atoms with Gasteiger partial charge in [0.2, 0.25) is 4.77 Å². The van der Waals surface area contributed by atoms with Crippen molar-refractivity contribution < 1.29 is 9.69 Å². The molecule has 1 aromatic carbocycles. The third-order valence-corrected chi connectivity index (χ3v) is 5.48. The van der Waals surface area contributed by atoms with Crippen LogP contribution in [0.25, 0.3) is 11.4 Å². The number of benzene rings is 1. The number of nitrogens with zero attached hydrogens (tertiary/aromatic N) is 4. The quantitative estimate of drug-likeness (QED) is 0.585. The molecule has 3 aromatic rings. The first-order valence-electron chi connectivity index (χ1n) is 9.79. The number of nitrogens with one attached hydrogen (secondary N) is 2. The second kappa shape index (κ2) is 8.26. The summed E-state index contributed by atoms with van der Waals surface area (Å²) in [6, 6.07) is 12.1. The van der Waals surface area contributed by atoms with Crippen LogP contribution in [0.3, 0.4) is 0 Å². The average molecular weight is 410 g/mol. The van der Waals surface area contributed by atoms with Crippen molar-refractivity contribution in [2.24, 2.45) is 0 Å². The molecule has 2 N–H and O–H groups in total. The molecule has 0 aliphatic heterocycles. The maximum Gasteiger partial charge on any atom is 0.251 e. The van der Waals surface area contributed by atoms with Crippen LogP contribution in [0, 0.1) is 4.77 Å². The molecule has 0 saturated heterocycles. The highest BCUT2D eigenvalue weighted by Crippen LogP contribution is 2.38. The van der Waals surface area contributed by atoms with Crippen molar-refractivity contribution >= 4 is 18.1 Å². The molecule has 0 radical (unpaired) electrons. The van der Waals surface area contributed by atoms with Crippen LogP contribution >= 0.6 is 12.2 Å². The van der Waals surface area contributed by atoms with Gasteiger partial charge < -0.3 is 10.2 Å². The predicted octanol–water partition coefficient (Wildman–Crippen LogP) is 1.84. The Labute approximate surface area is 175 Å². The maximum absolute atomic E-state index is 11.7. The van der Waals surface area contributed by atoms with Crippen LogP contribution in [0.5, 0.6) is 0 Å². The van der Waals surface area contributed by atoms with E-state index in [1.54, 1.807) is 13.2 Å². The molecule has 1 saturated carbocycles. The Kier molecular flexibility index (Phi) is 5.55. The number of amides is 1. The SMILES string of the molecule is CNC(=O)c1ccc(C[NH+](C)Cn2nc(-c3cccnc3)n(C3CC3)c2=S)cc1. The highest BCUT2D eigenvalue weighted by molar-refractivity contribution is 7.71. The number of carbonyl (C=O) groups is 1. The van der Waals surface area contributed by atoms with Gasteiger partial charge in [-0.25, -0.2) is 0 Å². The second-order valence-corrected chi connectivity index (χ2v) is 7.88. The second-order valence-electron chi connectivity index (χ2n) is 7.52. The van der Waals surface area contributed by atoms with Gasteiger partial charge in [0.1, 0.15) is 6.54 Å². The van der Waals surface area contributed by atoms with Crippen LogP contribution in [0.1, 0.15) is 34.8 Å². The molecule has 150 valence electrons. The summed E-state index contributed by atoms with van der Waals surface area (Å²) in [6.45, 7) is 1.48. The van der Waals surface area contributed by atoms with Crippen molar-refractivity contribution in [2.45, 2.75) is 32.1 Å². The molecule has 1 atom stereocenters.